The smallest absolute Gasteiger partial charge is 0.151 e. The van der Waals surface area contributed by atoms with E-state index in [2.05, 4.69) is 43.3 Å². The number of benzene rings is 1. The van der Waals surface area contributed by atoms with Crippen molar-refractivity contribution in [3.05, 3.63) is 34.2 Å². The maximum absolute atomic E-state index is 5.33. The first kappa shape index (κ1) is 11.1. The van der Waals surface area contributed by atoms with Crippen molar-refractivity contribution in [2.24, 2.45) is 5.84 Å². The molecule has 84 valence electrons. The van der Waals surface area contributed by atoms with Crippen LogP contribution in [-0.4, -0.2) is 4.98 Å². The van der Waals surface area contributed by atoms with Gasteiger partial charge in [0, 0.05) is 10.9 Å². The maximum Gasteiger partial charge on any atom is 0.151 e. The third-order valence-corrected chi connectivity index (χ3v) is 3.60. The number of hydrogen-bond donors (Lipinski definition) is 2. The van der Waals surface area contributed by atoms with Crippen LogP contribution in [-0.2, 0) is 0 Å². The Morgan fingerprint density at radius 3 is 2.44 bits per heavy atom. The summed E-state index contributed by atoms with van der Waals surface area (Å²) < 4.78 is 0. The lowest BCUT2D eigenvalue weighted by molar-refractivity contribution is 1.25. The summed E-state index contributed by atoms with van der Waals surface area (Å²) in [7, 11) is 0. The molecule has 0 fully saturated rings. The quantitative estimate of drug-likeness (QED) is 0.619. The van der Waals surface area contributed by atoms with Crippen molar-refractivity contribution in [3.8, 4) is 10.6 Å². The normalized spacial score (nSPS) is 10.5. The van der Waals surface area contributed by atoms with Crippen LogP contribution in [0.4, 0.5) is 5.82 Å². The van der Waals surface area contributed by atoms with Gasteiger partial charge >= 0.3 is 0 Å². The number of nitrogens with zero attached hydrogens (tertiary/aromatic N) is 1. The summed E-state index contributed by atoms with van der Waals surface area (Å²) in [4.78, 5) is 4.41. The van der Waals surface area contributed by atoms with Crippen LogP contribution >= 0.6 is 11.3 Å². The highest BCUT2D eigenvalue weighted by Crippen LogP contribution is 2.30. The van der Waals surface area contributed by atoms with E-state index in [-0.39, 0.29) is 0 Å². The Labute approximate surface area is 99.3 Å². The molecule has 4 heteroatoms. The third-order valence-electron chi connectivity index (χ3n) is 2.72. The lowest BCUT2D eigenvalue weighted by Crippen LogP contribution is -2.06. The molecule has 0 aliphatic carbocycles. The van der Waals surface area contributed by atoms with Gasteiger partial charge in [-0.1, -0.05) is 6.07 Å². The van der Waals surface area contributed by atoms with Gasteiger partial charge in [0.1, 0.15) is 5.01 Å². The summed E-state index contributed by atoms with van der Waals surface area (Å²) in [6.07, 6.45) is 0. The van der Waals surface area contributed by atoms with Gasteiger partial charge in [0.15, 0.2) is 5.82 Å². The SMILES string of the molecule is Cc1cc(C)c(-c2nc(NN)cs2)cc1C. The zero-order valence-corrected chi connectivity index (χ0v) is 10.5. The summed E-state index contributed by atoms with van der Waals surface area (Å²) in [5.41, 5.74) is 7.61. The molecule has 3 N–H and O–H groups in total. The summed E-state index contributed by atoms with van der Waals surface area (Å²) in [6, 6.07) is 4.38. The lowest BCUT2D eigenvalue weighted by Gasteiger charge is -2.07. The molecule has 0 unspecified atom stereocenters. The van der Waals surface area contributed by atoms with Crippen LogP contribution in [0.3, 0.4) is 0 Å². The van der Waals surface area contributed by atoms with E-state index in [1.807, 2.05) is 5.38 Å². The molecule has 1 heterocycles. The lowest BCUT2D eigenvalue weighted by atomic mass is 10.0. The first-order chi connectivity index (χ1) is 7.61. The molecule has 0 atom stereocenters. The van der Waals surface area contributed by atoms with Crippen LogP contribution in [0.1, 0.15) is 16.7 Å². The van der Waals surface area contributed by atoms with E-state index in [1.165, 1.54) is 22.3 Å². The number of nitrogens with two attached hydrogens (primary N) is 1. The van der Waals surface area contributed by atoms with Gasteiger partial charge < -0.3 is 5.43 Å². The van der Waals surface area contributed by atoms with Crippen LogP contribution < -0.4 is 11.3 Å². The van der Waals surface area contributed by atoms with Gasteiger partial charge in [-0.15, -0.1) is 11.3 Å². The molecular weight excluding hydrogens is 218 g/mol. The molecule has 16 heavy (non-hydrogen) atoms. The summed E-state index contributed by atoms with van der Waals surface area (Å²) in [5.74, 6) is 6.05. The molecule has 0 aliphatic rings. The number of rotatable bonds is 2. The number of nitrogen functional groups attached to an aromatic ring is 1. The molecule has 0 spiro atoms. The van der Waals surface area contributed by atoms with Crippen LogP contribution in [0, 0.1) is 20.8 Å². The van der Waals surface area contributed by atoms with E-state index in [4.69, 9.17) is 5.84 Å². The fourth-order valence-corrected chi connectivity index (χ4v) is 2.50. The number of aryl methyl sites for hydroxylation is 3. The number of nitrogens with one attached hydrogen (secondary N) is 1. The summed E-state index contributed by atoms with van der Waals surface area (Å²) >= 11 is 1.60. The Bertz CT molecular complexity index is 517. The van der Waals surface area contributed by atoms with Crippen LogP contribution in [0.5, 0.6) is 0 Å². The molecule has 1 aromatic heterocycles. The first-order valence-electron chi connectivity index (χ1n) is 5.12. The summed E-state index contributed by atoms with van der Waals surface area (Å²) in [5, 5.41) is 2.93. The highest BCUT2D eigenvalue weighted by atomic mass is 32.1. The van der Waals surface area contributed by atoms with Crippen molar-refractivity contribution in [1.29, 1.82) is 0 Å². The molecule has 3 nitrogen and oxygen atoms in total. The van der Waals surface area contributed by atoms with Crippen molar-refractivity contribution < 1.29 is 0 Å². The number of hydrogen-bond acceptors (Lipinski definition) is 4. The minimum Gasteiger partial charge on any atom is -0.308 e. The van der Waals surface area contributed by atoms with Gasteiger partial charge in [0.25, 0.3) is 0 Å². The van der Waals surface area contributed by atoms with E-state index in [0.29, 0.717) is 0 Å². The van der Waals surface area contributed by atoms with E-state index in [1.54, 1.807) is 11.3 Å². The zero-order chi connectivity index (χ0) is 11.7. The Morgan fingerprint density at radius 1 is 1.12 bits per heavy atom. The topological polar surface area (TPSA) is 50.9 Å². The van der Waals surface area contributed by atoms with Gasteiger partial charge in [0.2, 0.25) is 0 Å². The van der Waals surface area contributed by atoms with E-state index in [0.717, 1.165) is 10.8 Å². The standard InChI is InChI=1S/C12H15N3S/c1-7-4-9(3)10(5-8(7)2)12-14-11(15-13)6-16-12/h4-6,15H,13H2,1-3H3. The second kappa shape index (κ2) is 4.23. The zero-order valence-electron chi connectivity index (χ0n) is 9.66. The Morgan fingerprint density at radius 2 is 1.81 bits per heavy atom. The first-order valence-corrected chi connectivity index (χ1v) is 6.00. The van der Waals surface area contributed by atoms with Gasteiger partial charge in [-0.2, -0.15) is 0 Å². The molecule has 0 saturated heterocycles. The molecule has 2 aromatic rings. The molecular formula is C12H15N3S. The maximum atomic E-state index is 5.33. The Balaban J connectivity index is 2.51. The number of thiazole rings is 1. The van der Waals surface area contributed by atoms with Crippen molar-refractivity contribution >= 4 is 17.2 Å². The molecule has 0 bridgehead atoms. The fourth-order valence-electron chi connectivity index (χ4n) is 1.65. The minimum atomic E-state index is 0.720. The minimum absolute atomic E-state index is 0.720. The molecule has 1 aromatic carbocycles. The second-order valence-corrected chi connectivity index (χ2v) is 4.79. The third kappa shape index (κ3) is 1.94. The number of aromatic nitrogens is 1. The van der Waals surface area contributed by atoms with Gasteiger partial charge in [-0.25, -0.2) is 10.8 Å². The predicted octanol–water partition coefficient (Wildman–Crippen LogP) is 3.02. The van der Waals surface area contributed by atoms with Crippen molar-refractivity contribution in [3.63, 3.8) is 0 Å². The van der Waals surface area contributed by atoms with Crippen LogP contribution in [0.2, 0.25) is 0 Å². The Kier molecular flexibility index (Phi) is 2.94. The second-order valence-electron chi connectivity index (χ2n) is 3.93. The van der Waals surface area contributed by atoms with Gasteiger partial charge in [-0.3, -0.25) is 0 Å². The molecule has 0 saturated carbocycles. The highest BCUT2D eigenvalue weighted by Gasteiger charge is 2.08. The van der Waals surface area contributed by atoms with E-state index >= 15 is 0 Å². The van der Waals surface area contributed by atoms with E-state index in [9.17, 15) is 0 Å². The van der Waals surface area contributed by atoms with E-state index < -0.39 is 0 Å². The van der Waals surface area contributed by atoms with Crippen LogP contribution in [0.25, 0.3) is 10.6 Å². The average molecular weight is 233 g/mol. The average Bonchev–Trinajstić information content (AvgIpc) is 2.71. The predicted molar refractivity (Wildman–Crippen MR) is 69.6 cm³/mol. The van der Waals surface area contributed by atoms with Crippen LogP contribution in [0.15, 0.2) is 17.5 Å². The highest BCUT2D eigenvalue weighted by molar-refractivity contribution is 7.13. The van der Waals surface area contributed by atoms with Crippen molar-refractivity contribution in [1.82, 2.24) is 4.98 Å². The van der Waals surface area contributed by atoms with Crippen molar-refractivity contribution in [2.75, 3.05) is 5.43 Å². The molecule has 2 rings (SSSR count). The molecule has 0 radical (unpaired) electrons. The molecule has 0 amide bonds. The van der Waals surface area contributed by atoms with Gasteiger partial charge in [0.05, 0.1) is 0 Å². The fraction of sp³-hybridized carbons (Fsp3) is 0.250. The number of hydrazine groups is 1. The largest absolute Gasteiger partial charge is 0.308 e. The Hall–Kier alpha value is -1.39. The summed E-state index contributed by atoms with van der Waals surface area (Å²) in [6.45, 7) is 6.35. The van der Waals surface area contributed by atoms with Gasteiger partial charge in [-0.05, 0) is 43.5 Å². The molecule has 0 aliphatic heterocycles. The monoisotopic (exact) mass is 233 g/mol. The number of anilines is 1. The van der Waals surface area contributed by atoms with Crippen molar-refractivity contribution in [2.45, 2.75) is 20.8 Å².